The van der Waals surface area contributed by atoms with E-state index in [1.54, 1.807) is 6.92 Å². The van der Waals surface area contributed by atoms with Crippen LogP contribution in [-0.4, -0.2) is 25.2 Å². The van der Waals surface area contributed by atoms with Crippen molar-refractivity contribution >= 4 is 11.9 Å². The fourth-order valence-corrected chi connectivity index (χ4v) is 1.66. The van der Waals surface area contributed by atoms with Gasteiger partial charge in [0.1, 0.15) is 0 Å². The number of ether oxygens (including phenoxy) is 2. The third kappa shape index (κ3) is 22.1. The molecule has 0 aromatic heterocycles. The minimum atomic E-state index is -0.211. The van der Waals surface area contributed by atoms with E-state index in [1.807, 2.05) is 6.92 Å². The summed E-state index contributed by atoms with van der Waals surface area (Å²) >= 11 is 0. The highest BCUT2D eigenvalue weighted by atomic mass is 16.5. The van der Waals surface area contributed by atoms with E-state index in [0.29, 0.717) is 19.6 Å². The molecule has 0 atom stereocenters. The Morgan fingerprint density at radius 1 is 0.750 bits per heavy atom. The van der Waals surface area contributed by atoms with Crippen molar-refractivity contribution in [3.05, 3.63) is 0 Å². The average Bonchev–Trinajstić information content (AvgIpc) is 2.38. The Morgan fingerprint density at radius 3 is 1.65 bits per heavy atom. The van der Waals surface area contributed by atoms with Gasteiger partial charge in [-0.15, -0.1) is 0 Å². The van der Waals surface area contributed by atoms with Crippen molar-refractivity contribution in [3.63, 3.8) is 0 Å². The van der Waals surface area contributed by atoms with E-state index in [4.69, 9.17) is 4.74 Å². The summed E-state index contributed by atoms with van der Waals surface area (Å²) in [5.74, 6) is -0.251. The van der Waals surface area contributed by atoms with Crippen LogP contribution in [0.3, 0.4) is 0 Å². The van der Waals surface area contributed by atoms with Crippen LogP contribution in [0.2, 0.25) is 0 Å². The molecule has 0 saturated heterocycles. The smallest absolute Gasteiger partial charge is 0.305 e. The van der Waals surface area contributed by atoms with Gasteiger partial charge >= 0.3 is 11.9 Å². The molecule has 0 saturated carbocycles. The number of unbranched alkanes of at least 4 members (excludes halogenated alkanes) is 6. The molecule has 20 heavy (non-hydrogen) atoms. The minimum absolute atomic E-state index is 0.0407. The maximum absolute atomic E-state index is 11.0. The van der Waals surface area contributed by atoms with Gasteiger partial charge in [0.15, 0.2) is 0 Å². The second kappa shape index (κ2) is 17.9. The van der Waals surface area contributed by atoms with Crippen molar-refractivity contribution in [2.45, 2.75) is 79.1 Å². The third-order valence-electron chi connectivity index (χ3n) is 2.64. The third-order valence-corrected chi connectivity index (χ3v) is 2.64. The Bertz CT molecular complexity index is 227. The highest BCUT2D eigenvalue weighted by Gasteiger charge is 2.00. The van der Waals surface area contributed by atoms with Crippen molar-refractivity contribution < 1.29 is 19.1 Å². The SMILES string of the molecule is CCCCCCCCCC(=O)OCC.CCOC(C)=O. The zero-order chi connectivity index (χ0) is 15.6. The number of carbonyl (C=O) groups is 2. The first-order chi connectivity index (χ1) is 9.58. The van der Waals surface area contributed by atoms with E-state index in [1.165, 1.54) is 45.4 Å². The van der Waals surface area contributed by atoms with Crippen molar-refractivity contribution in [1.82, 2.24) is 0 Å². The summed E-state index contributed by atoms with van der Waals surface area (Å²) in [5, 5.41) is 0. The maximum atomic E-state index is 11.0. The summed E-state index contributed by atoms with van der Waals surface area (Å²) in [6.45, 7) is 8.24. The monoisotopic (exact) mass is 288 g/mol. The van der Waals surface area contributed by atoms with Crippen molar-refractivity contribution in [3.8, 4) is 0 Å². The molecule has 0 amide bonds. The molecule has 4 heteroatoms. The lowest BCUT2D eigenvalue weighted by Crippen LogP contribution is -2.03. The van der Waals surface area contributed by atoms with Gasteiger partial charge in [-0.2, -0.15) is 0 Å². The molecule has 0 aliphatic heterocycles. The fourth-order valence-electron chi connectivity index (χ4n) is 1.66. The summed E-state index contributed by atoms with van der Waals surface area (Å²) in [5.41, 5.74) is 0. The normalized spacial score (nSPS) is 9.40. The Hall–Kier alpha value is -1.06. The maximum Gasteiger partial charge on any atom is 0.305 e. The van der Waals surface area contributed by atoms with E-state index in [9.17, 15) is 9.59 Å². The van der Waals surface area contributed by atoms with Crippen LogP contribution in [0.4, 0.5) is 0 Å². The molecule has 0 aliphatic carbocycles. The summed E-state index contributed by atoms with van der Waals surface area (Å²) in [6.07, 6.45) is 9.32. The lowest BCUT2D eigenvalue weighted by molar-refractivity contribution is -0.143. The largest absolute Gasteiger partial charge is 0.466 e. The Morgan fingerprint density at radius 2 is 1.25 bits per heavy atom. The first-order valence-electron chi connectivity index (χ1n) is 7.87. The highest BCUT2D eigenvalue weighted by molar-refractivity contribution is 5.69. The van der Waals surface area contributed by atoms with Gasteiger partial charge in [0.05, 0.1) is 13.2 Å². The molecule has 0 aromatic rings. The first kappa shape index (κ1) is 21.2. The van der Waals surface area contributed by atoms with Crippen LogP contribution in [0.25, 0.3) is 0 Å². The van der Waals surface area contributed by atoms with Crippen LogP contribution in [0.5, 0.6) is 0 Å². The fraction of sp³-hybridized carbons (Fsp3) is 0.875. The molecule has 0 N–H and O–H groups in total. The lowest BCUT2D eigenvalue weighted by Gasteiger charge is -2.01. The van der Waals surface area contributed by atoms with Crippen LogP contribution in [-0.2, 0) is 19.1 Å². The number of esters is 2. The molecule has 4 nitrogen and oxygen atoms in total. The summed E-state index contributed by atoms with van der Waals surface area (Å²) in [7, 11) is 0. The van der Waals surface area contributed by atoms with Crippen molar-refractivity contribution in [1.29, 1.82) is 0 Å². The van der Waals surface area contributed by atoms with E-state index in [0.717, 1.165) is 6.42 Å². The molecular formula is C16H32O4. The molecule has 0 rings (SSSR count). The van der Waals surface area contributed by atoms with Crippen molar-refractivity contribution in [2.24, 2.45) is 0 Å². The number of hydrogen-bond donors (Lipinski definition) is 0. The topological polar surface area (TPSA) is 52.6 Å². The average molecular weight is 288 g/mol. The van der Waals surface area contributed by atoms with Crippen LogP contribution in [0, 0.1) is 0 Å². The van der Waals surface area contributed by atoms with Crippen LogP contribution < -0.4 is 0 Å². The predicted octanol–water partition coefficient (Wildman–Crippen LogP) is 4.26. The van der Waals surface area contributed by atoms with Gasteiger partial charge in [-0.05, 0) is 20.3 Å². The predicted molar refractivity (Wildman–Crippen MR) is 81.6 cm³/mol. The number of carbonyl (C=O) groups excluding carboxylic acids is 2. The Labute approximate surface area is 124 Å². The minimum Gasteiger partial charge on any atom is -0.466 e. The van der Waals surface area contributed by atoms with Gasteiger partial charge in [0, 0.05) is 13.3 Å². The Balaban J connectivity index is 0. The molecule has 0 aromatic carbocycles. The quantitative estimate of drug-likeness (QED) is 0.445. The molecule has 120 valence electrons. The summed E-state index contributed by atoms with van der Waals surface area (Å²) in [6, 6.07) is 0. The zero-order valence-electron chi connectivity index (χ0n) is 13.7. The van der Waals surface area contributed by atoms with Gasteiger partial charge in [-0.1, -0.05) is 45.4 Å². The van der Waals surface area contributed by atoms with Gasteiger partial charge in [-0.3, -0.25) is 9.59 Å². The summed E-state index contributed by atoms with van der Waals surface area (Å²) < 4.78 is 9.25. The molecule has 0 radical (unpaired) electrons. The van der Waals surface area contributed by atoms with E-state index in [2.05, 4.69) is 11.7 Å². The van der Waals surface area contributed by atoms with Gasteiger partial charge in [0.2, 0.25) is 0 Å². The van der Waals surface area contributed by atoms with Crippen LogP contribution >= 0.6 is 0 Å². The Kier molecular flexibility index (Phi) is 19.1. The summed E-state index contributed by atoms with van der Waals surface area (Å²) in [4.78, 5) is 20.8. The van der Waals surface area contributed by atoms with E-state index in [-0.39, 0.29) is 11.9 Å². The molecule has 0 bridgehead atoms. The van der Waals surface area contributed by atoms with Gasteiger partial charge in [-0.25, -0.2) is 0 Å². The number of hydrogen-bond acceptors (Lipinski definition) is 4. The molecule has 0 unspecified atom stereocenters. The van der Waals surface area contributed by atoms with Gasteiger partial charge in [0.25, 0.3) is 0 Å². The lowest BCUT2D eigenvalue weighted by atomic mass is 10.1. The molecule has 0 spiro atoms. The van der Waals surface area contributed by atoms with Crippen LogP contribution in [0.1, 0.15) is 79.1 Å². The molecule has 0 fully saturated rings. The second-order valence-electron chi connectivity index (χ2n) is 4.60. The number of rotatable bonds is 10. The van der Waals surface area contributed by atoms with Crippen LogP contribution in [0.15, 0.2) is 0 Å². The second-order valence-corrected chi connectivity index (χ2v) is 4.60. The molecule has 0 heterocycles. The van der Waals surface area contributed by atoms with E-state index < -0.39 is 0 Å². The van der Waals surface area contributed by atoms with E-state index >= 15 is 0 Å². The first-order valence-corrected chi connectivity index (χ1v) is 7.87. The van der Waals surface area contributed by atoms with Gasteiger partial charge < -0.3 is 9.47 Å². The zero-order valence-corrected chi connectivity index (χ0v) is 13.7. The molecular weight excluding hydrogens is 256 g/mol. The van der Waals surface area contributed by atoms with Crippen molar-refractivity contribution in [2.75, 3.05) is 13.2 Å². The molecule has 0 aliphatic rings. The highest BCUT2D eigenvalue weighted by Crippen LogP contribution is 2.08. The standard InChI is InChI=1S/C12H24O2.C4H8O2/c1-3-5-6-7-8-9-10-11-12(13)14-4-2;1-3-6-4(2)5/h3-11H2,1-2H3;3H2,1-2H3.